The Labute approximate surface area is 150 Å². The van der Waals surface area contributed by atoms with Crippen LogP contribution >= 0.6 is 0 Å². The average molecular weight is 360 g/mol. The second kappa shape index (κ2) is 6.49. The predicted molar refractivity (Wildman–Crippen MR) is 93.8 cm³/mol. The summed E-state index contributed by atoms with van der Waals surface area (Å²) in [6.45, 7) is 1.48. The van der Waals surface area contributed by atoms with Gasteiger partial charge in [0.1, 0.15) is 0 Å². The number of rotatable bonds is 3. The molecule has 2 aromatic heterocycles. The van der Waals surface area contributed by atoms with Gasteiger partial charge in [-0.15, -0.1) is 0 Å². The second-order valence-electron chi connectivity index (χ2n) is 7.43. The highest BCUT2D eigenvalue weighted by Gasteiger charge is 2.38. The first-order valence-electron chi connectivity index (χ1n) is 9.27. The minimum atomic E-state index is -2.66. The normalized spacial score (nSPS) is 20.6. The monoisotopic (exact) mass is 360 g/mol. The molecule has 4 rings (SSSR count). The van der Waals surface area contributed by atoms with Gasteiger partial charge >= 0.3 is 0 Å². The van der Waals surface area contributed by atoms with Crippen LogP contribution in [0.15, 0.2) is 30.5 Å². The molecule has 0 atom stereocenters. The molecule has 6 heteroatoms. The summed E-state index contributed by atoms with van der Waals surface area (Å²) in [7, 11) is 0. The van der Waals surface area contributed by atoms with Crippen LogP contribution in [0.3, 0.4) is 0 Å². The molecule has 1 aliphatic heterocycles. The molecule has 4 nitrogen and oxygen atoms in total. The summed E-state index contributed by atoms with van der Waals surface area (Å²) in [6.07, 6.45) is 3.68. The van der Waals surface area contributed by atoms with Gasteiger partial charge in [0.2, 0.25) is 5.92 Å². The third kappa shape index (κ3) is 3.13. The number of hydrogen-bond acceptors (Lipinski definition) is 2. The molecule has 0 bridgehead atoms. The summed E-state index contributed by atoms with van der Waals surface area (Å²) in [6, 6.07) is 7.12. The number of likely N-dealkylation sites (tertiary alicyclic amines) is 1. The fourth-order valence-corrected chi connectivity index (χ4v) is 4.08. The Morgan fingerprint density at radius 3 is 2.46 bits per heavy atom. The van der Waals surface area contributed by atoms with E-state index < -0.39 is 11.8 Å². The molecule has 0 radical (unpaired) electrons. The van der Waals surface area contributed by atoms with E-state index in [0.717, 1.165) is 31.4 Å². The molecule has 0 N–H and O–H groups in total. The summed E-state index contributed by atoms with van der Waals surface area (Å²) in [5.41, 5.74) is 1.70. The van der Waals surface area contributed by atoms with E-state index in [-0.39, 0.29) is 37.4 Å². The minimum Gasteiger partial charge on any atom is -0.339 e. The molecular weight excluding hydrogens is 338 g/mol. The Hall–Kier alpha value is -2.24. The molecule has 0 aromatic carbocycles. The number of carbonyl (C=O) groups is 2. The third-order valence-electron chi connectivity index (χ3n) is 5.62. The number of aromatic nitrogens is 1. The molecule has 3 heterocycles. The number of hydrogen-bond donors (Lipinski definition) is 0. The fourth-order valence-electron chi connectivity index (χ4n) is 4.08. The van der Waals surface area contributed by atoms with Crippen LogP contribution in [0.2, 0.25) is 0 Å². The van der Waals surface area contributed by atoms with Crippen LogP contribution < -0.4 is 0 Å². The summed E-state index contributed by atoms with van der Waals surface area (Å²) < 4.78 is 28.6. The van der Waals surface area contributed by atoms with Gasteiger partial charge in [0.15, 0.2) is 5.78 Å². The Balaban J connectivity index is 1.66. The van der Waals surface area contributed by atoms with Gasteiger partial charge < -0.3 is 9.30 Å². The quantitative estimate of drug-likeness (QED) is 0.771. The van der Waals surface area contributed by atoms with Gasteiger partial charge in [0.05, 0.1) is 5.69 Å². The van der Waals surface area contributed by atoms with E-state index in [0.29, 0.717) is 11.3 Å². The molecule has 0 unspecified atom stereocenters. The zero-order valence-corrected chi connectivity index (χ0v) is 14.6. The lowest BCUT2D eigenvalue weighted by Gasteiger charge is -2.27. The first-order valence-corrected chi connectivity index (χ1v) is 9.27. The smallest absolute Gasteiger partial charge is 0.254 e. The molecule has 1 saturated carbocycles. The van der Waals surface area contributed by atoms with Crippen LogP contribution in [0.5, 0.6) is 0 Å². The van der Waals surface area contributed by atoms with Crippen molar-refractivity contribution < 1.29 is 18.4 Å². The van der Waals surface area contributed by atoms with E-state index in [1.54, 1.807) is 22.7 Å². The number of carbonyl (C=O) groups excluding carboxylic acids is 2. The Morgan fingerprint density at radius 1 is 1.08 bits per heavy atom. The van der Waals surface area contributed by atoms with Crippen molar-refractivity contribution in [3.8, 4) is 0 Å². The molecule has 2 aromatic rings. The zero-order chi connectivity index (χ0) is 18.3. The SMILES string of the molecule is O=C(c1cc(C(=O)N2CCCC2)cc2cccn12)C1CCC(F)(F)CC1. The molecule has 0 spiro atoms. The maximum Gasteiger partial charge on any atom is 0.254 e. The largest absolute Gasteiger partial charge is 0.339 e. The van der Waals surface area contributed by atoms with E-state index in [4.69, 9.17) is 0 Å². The Morgan fingerprint density at radius 2 is 1.77 bits per heavy atom. The third-order valence-corrected chi connectivity index (χ3v) is 5.62. The maximum atomic E-state index is 13.4. The van der Waals surface area contributed by atoms with Gasteiger partial charge in [-0.3, -0.25) is 9.59 Å². The molecule has 1 amide bonds. The van der Waals surface area contributed by atoms with Crippen molar-refractivity contribution >= 4 is 17.2 Å². The number of ketones is 1. The molecule has 138 valence electrons. The minimum absolute atomic E-state index is 0.0598. The van der Waals surface area contributed by atoms with Crippen LogP contribution in [0.1, 0.15) is 59.4 Å². The van der Waals surface area contributed by atoms with Crippen LogP contribution in [0, 0.1) is 5.92 Å². The number of pyridine rings is 1. The summed E-state index contributed by atoms with van der Waals surface area (Å²) in [4.78, 5) is 27.6. The first-order chi connectivity index (χ1) is 12.4. The zero-order valence-electron chi connectivity index (χ0n) is 14.6. The number of alkyl halides is 2. The molecule has 1 saturated heterocycles. The highest BCUT2D eigenvalue weighted by Crippen LogP contribution is 2.37. The van der Waals surface area contributed by atoms with E-state index in [9.17, 15) is 18.4 Å². The number of amides is 1. The van der Waals surface area contributed by atoms with Crippen molar-refractivity contribution in [1.29, 1.82) is 0 Å². The summed E-state index contributed by atoms with van der Waals surface area (Å²) in [5.74, 6) is -3.27. The number of halogens is 2. The Kier molecular flexibility index (Phi) is 4.29. The average Bonchev–Trinajstić information content (AvgIpc) is 3.31. The lowest BCUT2D eigenvalue weighted by molar-refractivity contribution is -0.0424. The molecular formula is C20H22F2N2O2. The second-order valence-corrected chi connectivity index (χ2v) is 7.43. The van der Waals surface area contributed by atoms with E-state index in [2.05, 4.69) is 0 Å². The van der Waals surface area contributed by atoms with Crippen molar-refractivity contribution in [3.05, 3.63) is 41.7 Å². The van der Waals surface area contributed by atoms with Crippen molar-refractivity contribution in [2.75, 3.05) is 13.1 Å². The number of nitrogens with zero attached hydrogens (tertiary/aromatic N) is 2. The van der Waals surface area contributed by atoms with Crippen LogP contribution in [0.4, 0.5) is 8.78 Å². The molecule has 2 fully saturated rings. The molecule has 1 aliphatic carbocycles. The standard InChI is InChI=1S/C20H22F2N2O2/c21-20(22)7-5-14(6-8-20)18(25)17-13-15(12-16-4-3-11-24(16)17)19(26)23-9-1-2-10-23/h3-4,11-14H,1-2,5-10H2. The molecule has 2 aliphatic rings. The first kappa shape index (κ1) is 17.2. The van der Waals surface area contributed by atoms with Crippen molar-refractivity contribution in [3.63, 3.8) is 0 Å². The summed E-state index contributed by atoms with van der Waals surface area (Å²) in [5, 5.41) is 0. The lowest BCUT2D eigenvalue weighted by atomic mass is 9.83. The van der Waals surface area contributed by atoms with Gasteiger partial charge in [-0.1, -0.05) is 0 Å². The van der Waals surface area contributed by atoms with Crippen LogP contribution in [-0.4, -0.2) is 40.0 Å². The maximum absolute atomic E-state index is 13.4. The lowest BCUT2D eigenvalue weighted by Crippen LogP contribution is -2.30. The van der Waals surface area contributed by atoms with Gasteiger partial charge in [-0.25, -0.2) is 8.78 Å². The fraction of sp³-hybridized carbons (Fsp3) is 0.500. The van der Waals surface area contributed by atoms with Crippen LogP contribution in [-0.2, 0) is 0 Å². The highest BCUT2D eigenvalue weighted by atomic mass is 19.3. The molecule has 26 heavy (non-hydrogen) atoms. The van der Waals surface area contributed by atoms with E-state index in [1.165, 1.54) is 0 Å². The van der Waals surface area contributed by atoms with Crippen molar-refractivity contribution in [2.45, 2.75) is 44.4 Å². The highest BCUT2D eigenvalue weighted by molar-refractivity contribution is 6.02. The van der Waals surface area contributed by atoms with Gasteiger partial charge in [-0.05, 0) is 49.9 Å². The van der Waals surface area contributed by atoms with E-state index >= 15 is 0 Å². The van der Waals surface area contributed by atoms with Gasteiger partial charge in [0.25, 0.3) is 5.91 Å². The Bertz CT molecular complexity index is 843. The summed E-state index contributed by atoms with van der Waals surface area (Å²) >= 11 is 0. The van der Waals surface area contributed by atoms with E-state index in [1.807, 2.05) is 17.0 Å². The number of fused-ring (bicyclic) bond motifs is 1. The number of Topliss-reactive ketones (excluding diaryl/α,β-unsaturated/α-hetero) is 1. The van der Waals surface area contributed by atoms with Gasteiger partial charge in [-0.2, -0.15) is 0 Å². The van der Waals surface area contributed by atoms with Crippen molar-refractivity contribution in [2.24, 2.45) is 5.92 Å². The predicted octanol–water partition coefficient (Wildman–Crippen LogP) is 4.18. The van der Waals surface area contributed by atoms with Gasteiger partial charge in [0, 0.05) is 49.1 Å². The van der Waals surface area contributed by atoms with Crippen molar-refractivity contribution in [1.82, 2.24) is 9.30 Å². The van der Waals surface area contributed by atoms with Crippen LogP contribution in [0.25, 0.3) is 5.52 Å². The topological polar surface area (TPSA) is 41.8 Å².